The smallest absolute Gasteiger partial charge is 0.328 e. The molecule has 0 saturated heterocycles. The molecule has 1 heterocycles. The molecular weight excluding hydrogens is 285 g/mol. The maximum atomic E-state index is 11.9. The molecule has 0 aromatic carbocycles. The van der Waals surface area contributed by atoms with Gasteiger partial charge in [0.2, 0.25) is 0 Å². The van der Waals surface area contributed by atoms with E-state index in [9.17, 15) is 9.59 Å². The van der Waals surface area contributed by atoms with Gasteiger partial charge in [0.05, 0.1) is 9.90 Å². The van der Waals surface area contributed by atoms with E-state index in [2.05, 4.69) is 5.32 Å². The van der Waals surface area contributed by atoms with Crippen LogP contribution in [0.3, 0.4) is 0 Å². The topological polar surface area (TPSA) is 66.4 Å². The van der Waals surface area contributed by atoms with E-state index in [0.717, 1.165) is 11.3 Å². The first-order valence-electron chi connectivity index (χ1n) is 4.67. The van der Waals surface area contributed by atoms with Crippen LogP contribution in [0.2, 0.25) is 9.36 Å². The van der Waals surface area contributed by atoms with Crippen LogP contribution in [0.15, 0.2) is 0 Å². The van der Waals surface area contributed by atoms with Gasteiger partial charge in [-0.1, -0.05) is 23.2 Å². The van der Waals surface area contributed by atoms with Crippen molar-refractivity contribution in [3.8, 4) is 0 Å². The maximum absolute atomic E-state index is 11.9. The van der Waals surface area contributed by atoms with E-state index in [0.29, 0.717) is 19.8 Å². The lowest BCUT2D eigenvalue weighted by molar-refractivity contribution is -0.143. The fraction of sp³-hybridized carbons (Fsp3) is 0.400. The second kappa shape index (κ2) is 4.84. The van der Waals surface area contributed by atoms with Gasteiger partial charge in [0.25, 0.3) is 5.91 Å². The van der Waals surface area contributed by atoms with E-state index in [4.69, 9.17) is 28.3 Å². The number of nitrogens with one attached hydrogen (secondary N) is 1. The van der Waals surface area contributed by atoms with E-state index < -0.39 is 17.4 Å². The van der Waals surface area contributed by atoms with Crippen molar-refractivity contribution >= 4 is 46.4 Å². The number of carboxylic acid groups (broad SMARTS) is 1. The van der Waals surface area contributed by atoms with Crippen molar-refractivity contribution in [2.24, 2.45) is 0 Å². The number of hydrogen-bond acceptors (Lipinski definition) is 3. The van der Waals surface area contributed by atoms with Crippen molar-refractivity contribution in [1.82, 2.24) is 5.32 Å². The van der Waals surface area contributed by atoms with Gasteiger partial charge in [-0.2, -0.15) is 0 Å². The van der Waals surface area contributed by atoms with Crippen LogP contribution in [0, 0.1) is 6.92 Å². The highest BCUT2D eigenvalue weighted by molar-refractivity contribution is 7.19. The molecule has 1 aromatic rings. The third kappa shape index (κ3) is 2.91. The summed E-state index contributed by atoms with van der Waals surface area (Å²) in [5, 5.41) is 11.6. The highest BCUT2D eigenvalue weighted by Gasteiger charge is 2.31. The van der Waals surface area contributed by atoms with Gasteiger partial charge in [0.1, 0.15) is 9.88 Å². The summed E-state index contributed by atoms with van der Waals surface area (Å²) in [7, 11) is 0. The van der Waals surface area contributed by atoms with Crippen LogP contribution in [-0.2, 0) is 4.79 Å². The van der Waals surface area contributed by atoms with Crippen LogP contribution in [0.25, 0.3) is 0 Å². The molecule has 17 heavy (non-hydrogen) atoms. The molecule has 0 aliphatic heterocycles. The molecule has 1 amide bonds. The second-order valence-corrected chi connectivity index (χ2v) is 6.03. The molecule has 0 aliphatic rings. The van der Waals surface area contributed by atoms with E-state index in [-0.39, 0.29) is 0 Å². The first kappa shape index (κ1) is 14.3. The Morgan fingerprint density at radius 1 is 1.35 bits per heavy atom. The van der Waals surface area contributed by atoms with Crippen LogP contribution in [0.1, 0.15) is 29.1 Å². The number of amides is 1. The molecule has 0 atom stereocenters. The highest BCUT2D eigenvalue weighted by atomic mass is 35.5. The summed E-state index contributed by atoms with van der Waals surface area (Å²) >= 11 is 12.7. The summed E-state index contributed by atoms with van der Waals surface area (Å²) in [6.45, 7) is 4.46. The Kier molecular flexibility index (Phi) is 4.06. The van der Waals surface area contributed by atoms with Crippen molar-refractivity contribution < 1.29 is 14.7 Å². The summed E-state index contributed by atoms with van der Waals surface area (Å²) in [5.41, 5.74) is -0.785. The zero-order valence-corrected chi connectivity index (χ0v) is 11.8. The number of aliphatic carboxylic acids is 1. The summed E-state index contributed by atoms with van der Waals surface area (Å²) < 4.78 is 0.322. The zero-order chi connectivity index (χ0) is 13.4. The van der Waals surface area contributed by atoms with Gasteiger partial charge in [-0.25, -0.2) is 4.79 Å². The van der Waals surface area contributed by atoms with Gasteiger partial charge in [-0.3, -0.25) is 4.79 Å². The Morgan fingerprint density at radius 3 is 2.24 bits per heavy atom. The molecule has 0 aliphatic carbocycles. The van der Waals surface area contributed by atoms with Crippen molar-refractivity contribution in [2.75, 3.05) is 0 Å². The molecule has 0 spiro atoms. The van der Waals surface area contributed by atoms with Gasteiger partial charge in [0, 0.05) is 0 Å². The first-order chi connectivity index (χ1) is 7.66. The predicted octanol–water partition coefficient (Wildman–Crippen LogP) is 2.96. The largest absolute Gasteiger partial charge is 0.480 e. The summed E-state index contributed by atoms with van der Waals surface area (Å²) in [4.78, 5) is 23.1. The van der Waals surface area contributed by atoms with Gasteiger partial charge in [0.15, 0.2) is 0 Å². The second-order valence-electron chi connectivity index (χ2n) is 4.03. The number of rotatable bonds is 3. The minimum Gasteiger partial charge on any atom is -0.480 e. The van der Waals surface area contributed by atoms with Gasteiger partial charge >= 0.3 is 5.97 Å². The zero-order valence-electron chi connectivity index (χ0n) is 9.43. The van der Waals surface area contributed by atoms with Crippen LogP contribution in [0.5, 0.6) is 0 Å². The molecule has 0 fully saturated rings. The average molecular weight is 296 g/mol. The van der Waals surface area contributed by atoms with Crippen LogP contribution < -0.4 is 5.32 Å². The monoisotopic (exact) mass is 295 g/mol. The van der Waals surface area contributed by atoms with Crippen LogP contribution >= 0.6 is 34.5 Å². The summed E-state index contributed by atoms with van der Waals surface area (Å²) in [6.07, 6.45) is 0. The lowest BCUT2D eigenvalue weighted by atomic mass is 10.1. The van der Waals surface area contributed by atoms with E-state index in [1.165, 1.54) is 13.8 Å². The maximum Gasteiger partial charge on any atom is 0.328 e. The number of carbonyl (C=O) groups excluding carboxylic acids is 1. The molecule has 94 valence electrons. The number of hydrogen-bond donors (Lipinski definition) is 2. The fourth-order valence-electron chi connectivity index (χ4n) is 1.07. The third-order valence-electron chi connectivity index (χ3n) is 2.20. The highest BCUT2D eigenvalue weighted by Crippen LogP contribution is 2.36. The standard InChI is InChI=1S/C10H11Cl2NO3S/c1-4-5(11)7(12)17-6(4)8(14)13-10(2,3)9(15)16/h1-3H3,(H,13,14)(H,15,16). The Labute approximate surface area is 113 Å². The Balaban J connectivity index is 2.99. The fourth-order valence-corrected chi connectivity index (χ4v) is 2.53. The van der Waals surface area contributed by atoms with E-state index in [1.54, 1.807) is 6.92 Å². The van der Waals surface area contributed by atoms with Gasteiger partial charge < -0.3 is 10.4 Å². The van der Waals surface area contributed by atoms with Crippen molar-refractivity contribution in [3.05, 3.63) is 19.8 Å². The number of carbonyl (C=O) groups is 2. The molecule has 0 radical (unpaired) electrons. The SMILES string of the molecule is Cc1c(C(=O)NC(C)(C)C(=O)O)sc(Cl)c1Cl. The minimum atomic E-state index is -1.34. The lowest BCUT2D eigenvalue weighted by Gasteiger charge is -2.20. The molecule has 4 nitrogen and oxygen atoms in total. The van der Waals surface area contributed by atoms with Crippen molar-refractivity contribution in [1.29, 1.82) is 0 Å². The van der Waals surface area contributed by atoms with Crippen LogP contribution in [-0.4, -0.2) is 22.5 Å². The van der Waals surface area contributed by atoms with E-state index >= 15 is 0 Å². The quantitative estimate of drug-likeness (QED) is 0.901. The third-order valence-corrected chi connectivity index (χ3v) is 4.38. The van der Waals surface area contributed by atoms with Gasteiger partial charge in [-0.05, 0) is 26.3 Å². The molecular formula is C10H11Cl2NO3S. The molecule has 0 unspecified atom stereocenters. The first-order valence-corrected chi connectivity index (χ1v) is 6.24. The normalized spacial score (nSPS) is 11.4. The molecule has 1 rings (SSSR count). The molecule has 1 aromatic heterocycles. The van der Waals surface area contributed by atoms with Crippen LogP contribution in [0.4, 0.5) is 0 Å². The Bertz CT molecular complexity index is 482. The minimum absolute atomic E-state index is 0.322. The molecule has 0 bridgehead atoms. The lowest BCUT2D eigenvalue weighted by Crippen LogP contribution is -2.49. The molecule has 0 saturated carbocycles. The number of halogens is 2. The van der Waals surface area contributed by atoms with Crippen molar-refractivity contribution in [2.45, 2.75) is 26.3 Å². The summed E-state index contributed by atoms with van der Waals surface area (Å²) in [5.74, 6) is -1.61. The average Bonchev–Trinajstić information content (AvgIpc) is 2.45. The molecule has 2 N–H and O–H groups in total. The predicted molar refractivity (Wildman–Crippen MR) is 68.3 cm³/mol. The Hall–Kier alpha value is -0.780. The molecule has 7 heteroatoms. The van der Waals surface area contributed by atoms with Gasteiger partial charge in [-0.15, -0.1) is 11.3 Å². The van der Waals surface area contributed by atoms with E-state index in [1.807, 2.05) is 0 Å². The number of thiophene rings is 1. The Morgan fingerprint density at radius 2 is 1.88 bits per heavy atom. The number of carboxylic acids is 1. The van der Waals surface area contributed by atoms with Crippen molar-refractivity contribution in [3.63, 3.8) is 0 Å². The summed E-state index contributed by atoms with van der Waals surface area (Å²) in [6, 6.07) is 0.